The Hall–Kier alpha value is -0.130. The van der Waals surface area contributed by atoms with Crippen molar-refractivity contribution in [3.63, 3.8) is 0 Å². The number of likely N-dealkylation sites (tertiary alicyclic amines) is 1. The summed E-state index contributed by atoms with van der Waals surface area (Å²) in [4.78, 5) is 7.89. The lowest BCUT2D eigenvalue weighted by Gasteiger charge is -2.33. The molecule has 1 atom stereocenters. The van der Waals surface area contributed by atoms with Gasteiger partial charge in [-0.25, -0.2) is 0 Å². The minimum absolute atomic E-state index is 0. The molecule has 6 nitrogen and oxygen atoms in total. The molecule has 27 heavy (non-hydrogen) atoms. The van der Waals surface area contributed by atoms with Crippen LogP contribution >= 0.6 is 46.9 Å². The Balaban J connectivity index is 0.00000364. The summed E-state index contributed by atoms with van der Waals surface area (Å²) in [6, 6.07) is 4.07. The van der Waals surface area contributed by atoms with E-state index in [0.717, 1.165) is 62.9 Å². The first-order valence-corrected chi connectivity index (χ1v) is 10.5. The Kier molecular flexibility index (Phi) is 12.9. The molecular formula is C18H32ClIN4O2S. The van der Waals surface area contributed by atoms with Crippen molar-refractivity contribution in [1.82, 2.24) is 15.5 Å². The lowest BCUT2D eigenvalue weighted by Crippen LogP contribution is -2.49. The number of rotatable bonds is 9. The summed E-state index contributed by atoms with van der Waals surface area (Å²) in [6.07, 6.45) is 2.66. The standard InChI is InChI=1S/C18H31ClN4O2S.HI/c1-3-20-18(21-13-15(24)16-5-6-17(19)26-16)22-14-7-10-23(11-8-14)9-4-12-25-2;/h5-6,14-15,24H,3-4,7-13H2,1-2H3,(H2,20,21,22);1H. The summed E-state index contributed by atoms with van der Waals surface area (Å²) < 4.78 is 5.81. The van der Waals surface area contributed by atoms with E-state index in [1.165, 1.54) is 11.3 Å². The molecule has 0 amide bonds. The second kappa shape index (κ2) is 13.9. The summed E-state index contributed by atoms with van der Waals surface area (Å²) in [7, 11) is 1.75. The number of aliphatic hydroxyl groups excluding tert-OH is 1. The average molecular weight is 531 g/mol. The van der Waals surface area contributed by atoms with E-state index in [-0.39, 0.29) is 24.0 Å². The molecule has 9 heteroatoms. The Morgan fingerprint density at radius 3 is 2.78 bits per heavy atom. The zero-order valence-corrected chi connectivity index (χ0v) is 20.0. The van der Waals surface area contributed by atoms with Gasteiger partial charge in [-0.1, -0.05) is 11.6 Å². The van der Waals surface area contributed by atoms with Gasteiger partial charge in [0.2, 0.25) is 0 Å². The molecule has 156 valence electrons. The molecule has 0 aliphatic carbocycles. The Labute approximate surface area is 188 Å². The smallest absolute Gasteiger partial charge is 0.191 e. The second-order valence-electron chi connectivity index (χ2n) is 6.48. The number of ether oxygens (including phenoxy) is 1. The van der Waals surface area contributed by atoms with Crippen LogP contribution in [0, 0.1) is 0 Å². The number of aliphatic imine (C=N–C) groups is 1. The van der Waals surface area contributed by atoms with Crippen molar-refractivity contribution in [3.8, 4) is 0 Å². The van der Waals surface area contributed by atoms with Crippen LogP contribution in [0.2, 0.25) is 4.34 Å². The van der Waals surface area contributed by atoms with Crippen molar-refractivity contribution < 1.29 is 9.84 Å². The van der Waals surface area contributed by atoms with Crippen LogP contribution in [0.15, 0.2) is 17.1 Å². The van der Waals surface area contributed by atoms with Crippen LogP contribution in [-0.2, 0) is 4.74 Å². The van der Waals surface area contributed by atoms with E-state index < -0.39 is 6.10 Å². The van der Waals surface area contributed by atoms with Crippen LogP contribution in [0.5, 0.6) is 0 Å². The molecular weight excluding hydrogens is 499 g/mol. The van der Waals surface area contributed by atoms with E-state index in [4.69, 9.17) is 16.3 Å². The predicted octanol–water partition coefficient (Wildman–Crippen LogP) is 3.11. The molecule has 0 saturated carbocycles. The van der Waals surface area contributed by atoms with Gasteiger partial charge in [0.25, 0.3) is 0 Å². The largest absolute Gasteiger partial charge is 0.386 e. The maximum Gasteiger partial charge on any atom is 0.191 e. The van der Waals surface area contributed by atoms with Gasteiger partial charge in [0.05, 0.1) is 10.9 Å². The van der Waals surface area contributed by atoms with Crippen LogP contribution in [0.4, 0.5) is 0 Å². The topological polar surface area (TPSA) is 69.1 Å². The van der Waals surface area contributed by atoms with Crippen molar-refractivity contribution in [2.45, 2.75) is 38.3 Å². The Morgan fingerprint density at radius 2 is 2.19 bits per heavy atom. The second-order valence-corrected chi connectivity index (χ2v) is 8.23. The third-order valence-electron chi connectivity index (χ3n) is 4.44. The number of methoxy groups -OCH3 is 1. The van der Waals surface area contributed by atoms with E-state index in [1.807, 2.05) is 13.0 Å². The molecule has 1 aliphatic heterocycles. The number of hydrogen-bond acceptors (Lipinski definition) is 5. The zero-order chi connectivity index (χ0) is 18.8. The quantitative estimate of drug-likeness (QED) is 0.198. The fourth-order valence-corrected chi connectivity index (χ4v) is 4.06. The maximum absolute atomic E-state index is 10.3. The van der Waals surface area contributed by atoms with Gasteiger partial charge in [-0.15, -0.1) is 35.3 Å². The molecule has 3 N–H and O–H groups in total. The number of halogens is 2. The maximum atomic E-state index is 10.3. The highest BCUT2D eigenvalue weighted by atomic mass is 127. The van der Waals surface area contributed by atoms with Gasteiger partial charge in [-0.05, 0) is 38.3 Å². The van der Waals surface area contributed by atoms with E-state index in [2.05, 4.69) is 20.5 Å². The lowest BCUT2D eigenvalue weighted by molar-refractivity contribution is 0.155. The van der Waals surface area contributed by atoms with Gasteiger partial charge in [0.1, 0.15) is 6.10 Å². The van der Waals surface area contributed by atoms with E-state index in [0.29, 0.717) is 16.9 Å². The van der Waals surface area contributed by atoms with Crippen molar-refractivity contribution in [3.05, 3.63) is 21.3 Å². The minimum Gasteiger partial charge on any atom is -0.386 e. The number of hydrogen-bond donors (Lipinski definition) is 3. The Bertz CT molecular complexity index is 553. The van der Waals surface area contributed by atoms with Gasteiger partial charge in [-0.2, -0.15) is 0 Å². The minimum atomic E-state index is -0.620. The van der Waals surface area contributed by atoms with Crippen molar-refractivity contribution in [1.29, 1.82) is 0 Å². The first kappa shape index (κ1) is 24.9. The highest BCUT2D eigenvalue weighted by molar-refractivity contribution is 14.0. The zero-order valence-electron chi connectivity index (χ0n) is 16.1. The molecule has 1 saturated heterocycles. The number of nitrogens with zero attached hydrogens (tertiary/aromatic N) is 2. The van der Waals surface area contributed by atoms with E-state index in [9.17, 15) is 5.11 Å². The van der Waals surface area contributed by atoms with Gasteiger partial charge >= 0.3 is 0 Å². The van der Waals surface area contributed by atoms with Gasteiger partial charge in [0, 0.05) is 50.8 Å². The van der Waals surface area contributed by atoms with Gasteiger partial charge in [-0.3, -0.25) is 4.99 Å². The molecule has 1 aliphatic rings. The lowest BCUT2D eigenvalue weighted by atomic mass is 10.1. The van der Waals surface area contributed by atoms with Crippen LogP contribution in [0.25, 0.3) is 0 Å². The molecule has 1 aromatic rings. The predicted molar refractivity (Wildman–Crippen MR) is 125 cm³/mol. The summed E-state index contributed by atoms with van der Waals surface area (Å²) >= 11 is 7.33. The summed E-state index contributed by atoms with van der Waals surface area (Å²) in [5.41, 5.74) is 0. The fraction of sp³-hybridized carbons (Fsp3) is 0.722. The van der Waals surface area contributed by atoms with Crippen LogP contribution in [-0.4, -0.2) is 68.4 Å². The van der Waals surface area contributed by atoms with Crippen LogP contribution < -0.4 is 10.6 Å². The molecule has 1 aromatic heterocycles. The van der Waals surface area contributed by atoms with Crippen molar-refractivity contribution in [2.24, 2.45) is 4.99 Å². The number of thiophene rings is 1. The molecule has 1 fully saturated rings. The molecule has 2 rings (SSSR count). The van der Waals surface area contributed by atoms with Crippen molar-refractivity contribution >= 4 is 52.9 Å². The third-order valence-corrected chi connectivity index (χ3v) is 5.77. The van der Waals surface area contributed by atoms with Gasteiger partial charge < -0.3 is 25.4 Å². The van der Waals surface area contributed by atoms with Crippen molar-refractivity contribution in [2.75, 3.05) is 46.4 Å². The molecule has 0 radical (unpaired) electrons. The third kappa shape index (κ3) is 9.27. The van der Waals surface area contributed by atoms with E-state index >= 15 is 0 Å². The highest BCUT2D eigenvalue weighted by Gasteiger charge is 2.20. The van der Waals surface area contributed by atoms with E-state index in [1.54, 1.807) is 13.2 Å². The number of aliphatic hydroxyl groups is 1. The number of guanidine groups is 1. The number of piperidine rings is 1. The highest BCUT2D eigenvalue weighted by Crippen LogP contribution is 2.26. The monoisotopic (exact) mass is 530 g/mol. The molecule has 0 bridgehead atoms. The Morgan fingerprint density at radius 1 is 1.44 bits per heavy atom. The van der Waals surface area contributed by atoms with Crippen LogP contribution in [0.1, 0.15) is 37.2 Å². The first-order chi connectivity index (χ1) is 12.6. The summed E-state index contributed by atoms with van der Waals surface area (Å²) in [5, 5.41) is 17.0. The molecule has 1 unspecified atom stereocenters. The number of nitrogens with one attached hydrogen (secondary N) is 2. The SMILES string of the molecule is CCNC(=NCC(O)c1ccc(Cl)s1)NC1CCN(CCCOC)CC1.I. The average Bonchev–Trinajstić information content (AvgIpc) is 3.08. The first-order valence-electron chi connectivity index (χ1n) is 9.31. The molecule has 0 aromatic carbocycles. The van der Waals surface area contributed by atoms with Crippen LogP contribution in [0.3, 0.4) is 0 Å². The summed E-state index contributed by atoms with van der Waals surface area (Å²) in [6.45, 7) is 7.28. The molecule has 0 spiro atoms. The normalized spacial score (nSPS) is 17.4. The fourth-order valence-electron chi connectivity index (χ4n) is 3.02. The van der Waals surface area contributed by atoms with Gasteiger partial charge in [0.15, 0.2) is 5.96 Å². The summed E-state index contributed by atoms with van der Waals surface area (Å²) in [5.74, 6) is 0.770. The molecule has 2 heterocycles.